The van der Waals surface area contributed by atoms with Crippen LogP contribution >= 0.6 is 23.2 Å². The summed E-state index contributed by atoms with van der Waals surface area (Å²) in [6.45, 7) is 10.9. The molecule has 5 rings (SSSR count). The number of nitrogens with zero attached hydrogens (tertiary/aromatic N) is 4. The van der Waals surface area contributed by atoms with Crippen LogP contribution in [0.25, 0.3) is 0 Å². The number of anilines is 1. The van der Waals surface area contributed by atoms with Gasteiger partial charge in [0.1, 0.15) is 18.5 Å². The second-order valence-electron chi connectivity index (χ2n) is 10.5. The third-order valence-corrected chi connectivity index (χ3v) is 8.81. The molecule has 3 saturated heterocycles. The predicted octanol–water partition coefficient (Wildman–Crippen LogP) is 6.12. The average molecular weight is 603 g/mol. The minimum atomic E-state index is -0.688. The minimum absolute atomic E-state index is 0.0286. The van der Waals surface area contributed by atoms with Gasteiger partial charge in [-0.2, -0.15) is 0 Å². The Hall–Kier alpha value is -3.14. The average Bonchev–Trinajstić information content (AvgIpc) is 3.22. The van der Waals surface area contributed by atoms with Crippen molar-refractivity contribution in [3.63, 3.8) is 0 Å². The molecule has 0 aliphatic carbocycles. The van der Waals surface area contributed by atoms with Crippen LogP contribution in [-0.2, 0) is 4.79 Å². The Morgan fingerprint density at radius 1 is 1.20 bits per heavy atom. The van der Waals surface area contributed by atoms with Gasteiger partial charge in [-0.05, 0) is 63.3 Å². The highest BCUT2D eigenvalue weighted by atomic mass is 35.5. The number of aliphatic imine (C=N–C) groups is 2. The highest BCUT2D eigenvalue weighted by Crippen LogP contribution is 2.41. The maximum Gasteiger partial charge on any atom is 0.246 e. The molecule has 3 heterocycles. The first-order valence-electron chi connectivity index (χ1n) is 13.8. The lowest BCUT2D eigenvalue weighted by molar-refractivity contribution is -0.131. The third-order valence-electron chi connectivity index (χ3n) is 8.03. The van der Waals surface area contributed by atoms with E-state index in [4.69, 9.17) is 32.7 Å². The van der Waals surface area contributed by atoms with E-state index in [0.717, 1.165) is 32.5 Å². The molecule has 218 valence electrons. The van der Waals surface area contributed by atoms with Crippen LogP contribution in [0.5, 0.6) is 11.5 Å². The Morgan fingerprint density at radius 2 is 1.93 bits per heavy atom. The second-order valence-corrected chi connectivity index (χ2v) is 11.3. The van der Waals surface area contributed by atoms with Crippen molar-refractivity contribution in [2.45, 2.75) is 50.3 Å². The molecule has 0 radical (unpaired) electrons. The molecule has 2 atom stereocenters. The van der Waals surface area contributed by atoms with E-state index < -0.39 is 5.82 Å². The summed E-state index contributed by atoms with van der Waals surface area (Å²) in [5.41, 5.74) is 1.17. The SMILES string of the molecule is C=CC(=O)N1C2CCC1CC(Oc1cc(C(=NC)Nc3ccc(Cl)c(Cl)c3F)c(N=C)cc1OCCN1CCC1)C2. The molecule has 8 nitrogen and oxygen atoms in total. The number of rotatable bonds is 10. The summed E-state index contributed by atoms with van der Waals surface area (Å²) in [4.78, 5) is 25.3. The first-order valence-corrected chi connectivity index (χ1v) is 14.6. The third kappa shape index (κ3) is 6.22. The zero-order valence-corrected chi connectivity index (χ0v) is 24.6. The van der Waals surface area contributed by atoms with Crippen LogP contribution in [0.2, 0.25) is 10.0 Å². The van der Waals surface area contributed by atoms with Crippen LogP contribution in [0.3, 0.4) is 0 Å². The van der Waals surface area contributed by atoms with Gasteiger partial charge in [0.25, 0.3) is 0 Å². The van der Waals surface area contributed by atoms with Crippen molar-refractivity contribution in [1.82, 2.24) is 9.80 Å². The van der Waals surface area contributed by atoms with E-state index in [1.807, 2.05) is 4.90 Å². The smallest absolute Gasteiger partial charge is 0.246 e. The monoisotopic (exact) mass is 601 g/mol. The first kappa shape index (κ1) is 29.4. The van der Waals surface area contributed by atoms with Crippen LogP contribution in [0.1, 0.15) is 37.7 Å². The van der Waals surface area contributed by atoms with Gasteiger partial charge in [-0.25, -0.2) is 4.39 Å². The molecule has 2 aromatic rings. The van der Waals surface area contributed by atoms with Gasteiger partial charge in [0.05, 0.1) is 21.4 Å². The number of hydrogen-bond donors (Lipinski definition) is 1. The topological polar surface area (TPSA) is 78.8 Å². The van der Waals surface area contributed by atoms with Crippen molar-refractivity contribution in [2.75, 3.05) is 38.6 Å². The summed E-state index contributed by atoms with van der Waals surface area (Å²) in [6, 6.07) is 6.81. The molecular formula is C30H34Cl2FN5O3. The zero-order chi connectivity index (χ0) is 29.1. The summed E-state index contributed by atoms with van der Waals surface area (Å²) in [5.74, 6) is 0.700. The van der Waals surface area contributed by atoms with E-state index in [1.54, 1.807) is 19.2 Å². The molecule has 0 saturated carbocycles. The van der Waals surface area contributed by atoms with Crippen LogP contribution in [0.4, 0.5) is 15.8 Å². The van der Waals surface area contributed by atoms with Crippen LogP contribution in [0.15, 0.2) is 46.9 Å². The Kier molecular flexibility index (Phi) is 9.16. The Labute approximate surface area is 249 Å². The quantitative estimate of drug-likeness (QED) is 0.153. The molecule has 0 spiro atoms. The van der Waals surface area contributed by atoms with Crippen molar-refractivity contribution >= 4 is 53.0 Å². The van der Waals surface area contributed by atoms with Crippen molar-refractivity contribution in [1.29, 1.82) is 0 Å². The Bertz CT molecular complexity index is 1350. The molecule has 3 aliphatic rings. The summed E-state index contributed by atoms with van der Waals surface area (Å²) in [5, 5.41) is 2.95. The van der Waals surface area contributed by atoms with Gasteiger partial charge in [0.2, 0.25) is 5.91 Å². The van der Waals surface area contributed by atoms with Crippen LogP contribution < -0.4 is 14.8 Å². The van der Waals surface area contributed by atoms with E-state index in [9.17, 15) is 9.18 Å². The molecular weight excluding hydrogens is 568 g/mol. The number of nitrogens with one attached hydrogen (secondary N) is 1. The summed E-state index contributed by atoms with van der Waals surface area (Å²) < 4.78 is 27.7. The Balaban J connectivity index is 1.44. The standard InChI is InChI=1S/C30H34Cl2FN5O3/c1-4-27(39)38-18-6-7-19(38)15-20(14-18)41-26-16-21(24(34-2)17-25(26)40-13-12-37-10-5-11-37)30(35-3)36-23-9-8-22(31)28(32)29(23)33/h4,8-9,16-20H,1-2,5-7,10-15H2,3H3,(H,35,36). The zero-order valence-electron chi connectivity index (χ0n) is 23.0. The fraction of sp³-hybridized carbons (Fsp3) is 0.433. The van der Waals surface area contributed by atoms with Gasteiger partial charge in [-0.15, -0.1) is 0 Å². The van der Waals surface area contributed by atoms with Gasteiger partial charge in [0.15, 0.2) is 17.3 Å². The molecule has 0 aromatic heterocycles. The van der Waals surface area contributed by atoms with E-state index in [0.29, 0.717) is 48.0 Å². The van der Waals surface area contributed by atoms with Crippen LogP contribution in [0, 0.1) is 5.82 Å². The number of amides is 1. The first-order chi connectivity index (χ1) is 19.8. The number of piperidine rings is 1. The number of amidine groups is 1. The van der Waals surface area contributed by atoms with Gasteiger partial charge in [0, 0.05) is 50.1 Å². The normalized spacial score (nSPS) is 22.2. The highest BCUT2D eigenvalue weighted by molar-refractivity contribution is 6.42. The molecule has 2 unspecified atom stereocenters. The lowest BCUT2D eigenvalue weighted by Crippen LogP contribution is -2.48. The maximum atomic E-state index is 14.9. The van der Waals surface area contributed by atoms with E-state index in [2.05, 4.69) is 33.5 Å². The fourth-order valence-electron chi connectivity index (χ4n) is 5.83. The number of hydrogen-bond acceptors (Lipinski definition) is 6. The van der Waals surface area contributed by atoms with E-state index in [-0.39, 0.29) is 39.8 Å². The number of ether oxygens (including phenoxy) is 2. The van der Waals surface area contributed by atoms with Crippen molar-refractivity contribution in [2.24, 2.45) is 9.98 Å². The number of benzene rings is 2. The van der Waals surface area contributed by atoms with Crippen LogP contribution in [-0.4, -0.2) is 79.7 Å². The fourth-order valence-corrected chi connectivity index (χ4v) is 6.14. The molecule has 3 aliphatic heterocycles. The largest absolute Gasteiger partial charge is 0.488 e. The van der Waals surface area contributed by atoms with E-state index >= 15 is 0 Å². The summed E-state index contributed by atoms with van der Waals surface area (Å²) in [7, 11) is 1.59. The van der Waals surface area contributed by atoms with Gasteiger partial charge in [-0.3, -0.25) is 19.7 Å². The van der Waals surface area contributed by atoms with Gasteiger partial charge >= 0.3 is 0 Å². The molecule has 1 N–H and O–H groups in total. The lowest BCUT2D eigenvalue weighted by atomic mass is 9.99. The maximum absolute atomic E-state index is 14.9. The predicted molar refractivity (Wildman–Crippen MR) is 162 cm³/mol. The highest BCUT2D eigenvalue weighted by Gasteiger charge is 2.43. The van der Waals surface area contributed by atoms with Crippen molar-refractivity contribution in [3.8, 4) is 11.5 Å². The molecule has 2 bridgehead atoms. The number of carbonyl (C=O) groups excluding carboxylic acids is 1. The number of likely N-dealkylation sites (tertiary alicyclic amines) is 1. The number of carbonyl (C=O) groups is 1. The van der Waals surface area contributed by atoms with Gasteiger partial charge in [-0.1, -0.05) is 29.8 Å². The second kappa shape index (κ2) is 12.8. The Morgan fingerprint density at radius 3 is 2.54 bits per heavy atom. The minimum Gasteiger partial charge on any atom is -0.488 e. The lowest BCUT2D eigenvalue weighted by Gasteiger charge is -2.38. The van der Waals surface area contributed by atoms with Crippen molar-refractivity contribution in [3.05, 3.63) is 58.3 Å². The number of fused-ring (bicyclic) bond motifs is 2. The molecule has 1 amide bonds. The summed E-state index contributed by atoms with van der Waals surface area (Å²) in [6.07, 6.45) is 5.79. The van der Waals surface area contributed by atoms with Crippen molar-refractivity contribution < 1.29 is 18.7 Å². The molecule has 11 heteroatoms. The molecule has 3 fully saturated rings. The molecule has 41 heavy (non-hydrogen) atoms. The van der Waals surface area contributed by atoms with E-state index in [1.165, 1.54) is 24.6 Å². The summed E-state index contributed by atoms with van der Waals surface area (Å²) >= 11 is 12.0. The van der Waals surface area contributed by atoms with Gasteiger partial charge < -0.3 is 19.7 Å². The molecule has 2 aromatic carbocycles. The number of halogens is 3.